The fraction of sp³-hybridized carbons (Fsp3) is 0.385. The van der Waals surface area contributed by atoms with Gasteiger partial charge in [-0.05, 0) is 37.1 Å². The van der Waals surface area contributed by atoms with Crippen LogP contribution in [0.5, 0.6) is 0 Å². The average Bonchev–Trinajstić information content (AvgIpc) is 2.86. The van der Waals surface area contributed by atoms with E-state index in [1.807, 2.05) is 6.92 Å². The number of carbonyl (C=O) groups excluding carboxylic acids is 4. The van der Waals surface area contributed by atoms with E-state index < -0.39 is 47.6 Å². The molecular weight excluding hydrogens is 475 g/mol. The van der Waals surface area contributed by atoms with Crippen molar-refractivity contribution >= 4 is 24.0 Å². The zero-order valence-electron chi connectivity index (χ0n) is 20.1. The van der Waals surface area contributed by atoms with Gasteiger partial charge in [0.25, 0.3) is 5.91 Å². The van der Waals surface area contributed by atoms with E-state index in [1.165, 1.54) is 13.0 Å². The van der Waals surface area contributed by atoms with E-state index in [0.29, 0.717) is 24.3 Å². The molecule has 0 heterocycles. The first-order chi connectivity index (χ1) is 17.0. The minimum absolute atomic E-state index is 0.0408. The molecule has 2 aromatic rings. The molecule has 2 rings (SSSR count). The smallest absolute Gasteiger partial charge is 0.345 e. The Kier molecular flexibility index (Phi) is 10.6. The van der Waals surface area contributed by atoms with Crippen LogP contribution in [0.25, 0.3) is 0 Å². The number of amides is 3. The van der Waals surface area contributed by atoms with E-state index in [9.17, 15) is 32.3 Å². The van der Waals surface area contributed by atoms with Crippen LogP contribution >= 0.6 is 0 Å². The third-order valence-corrected chi connectivity index (χ3v) is 5.47. The van der Waals surface area contributed by atoms with Gasteiger partial charge >= 0.3 is 6.18 Å². The Morgan fingerprint density at radius 3 is 2.25 bits per heavy atom. The van der Waals surface area contributed by atoms with Crippen molar-refractivity contribution in [2.24, 2.45) is 0 Å². The molecular formula is C26H30F3N3O4. The first-order valence-corrected chi connectivity index (χ1v) is 11.6. The summed E-state index contributed by atoms with van der Waals surface area (Å²) in [5.74, 6) is -2.13. The van der Waals surface area contributed by atoms with Gasteiger partial charge in [-0.2, -0.15) is 13.2 Å². The molecule has 1 unspecified atom stereocenters. The second-order valence-corrected chi connectivity index (χ2v) is 8.42. The van der Waals surface area contributed by atoms with Gasteiger partial charge in [0.1, 0.15) is 18.4 Å². The summed E-state index contributed by atoms with van der Waals surface area (Å²) in [4.78, 5) is 49.5. The van der Waals surface area contributed by atoms with Crippen molar-refractivity contribution in [1.82, 2.24) is 16.0 Å². The molecule has 0 saturated heterocycles. The normalized spacial score (nSPS) is 13.7. The maximum Gasteiger partial charge on any atom is 0.416 e. The fourth-order valence-corrected chi connectivity index (χ4v) is 3.42. The molecule has 36 heavy (non-hydrogen) atoms. The molecule has 0 fully saturated rings. The number of alkyl halides is 3. The molecule has 10 heteroatoms. The van der Waals surface area contributed by atoms with Crippen LogP contribution in [0.15, 0.2) is 54.6 Å². The van der Waals surface area contributed by atoms with Crippen molar-refractivity contribution in [1.29, 1.82) is 0 Å². The number of nitrogens with one attached hydrogen (secondary N) is 3. The highest BCUT2D eigenvalue weighted by Gasteiger charge is 2.31. The van der Waals surface area contributed by atoms with Crippen molar-refractivity contribution < 1.29 is 32.3 Å². The van der Waals surface area contributed by atoms with Crippen LogP contribution in [-0.4, -0.2) is 42.1 Å². The van der Waals surface area contributed by atoms with Crippen LogP contribution in [0.1, 0.15) is 54.6 Å². The van der Waals surface area contributed by atoms with Gasteiger partial charge in [0.2, 0.25) is 11.8 Å². The number of aldehydes is 1. The predicted molar refractivity (Wildman–Crippen MR) is 128 cm³/mol. The molecule has 3 N–H and O–H groups in total. The molecule has 0 spiro atoms. The molecule has 0 aliphatic heterocycles. The predicted octanol–water partition coefficient (Wildman–Crippen LogP) is 3.43. The number of benzene rings is 2. The number of hydrogen-bond donors (Lipinski definition) is 3. The third kappa shape index (κ3) is 8.83. The summed E-state index contributed by atoms with van der Waals surface area (Å²) < 4.78 is 39.2. The molecule has 3 amide bonds. The SMILES string of the molecule is CCCCC(C=O)NC(=O)[C@H](C)NC(=O)[C@H](Cc1ccccc1)NC(=O)c1cccc(C(F)(F)F)c1. The Hall–Kier alpha value is -3.69. The molecule has 0 aliphatic rings. The summed E-state index contributed by atoms with van der Waals surface area (Å²) in [7, 11) is 0. The summed E-state index contributed by atoms with van der Waals surface area (Å²) in [5, 5.41) is 7.56. The largest absolute Gasteiger partial charge is 0.416 e. The summed E-state index contributed by atoms with van der Waals surface area (Å²) in [6, 6.07) is 9.72. The molecule has 3 atom stereocenters. The van der Waals surface area contributed by atoms with Crippen LogP contribution in [0.2, 0.25) is 0 Å². The van der Waals surface area contributed by atoms with Gasteiger partial charge < -0.3 is 20.7 Å². The Balaban J connectivity index is 2.16. The van der Waals surface area contributed by atoms with Gasteiger partial charge in [0.15, 0.2) is 0 Å². The van der Waals surface area contributed by atoms with Gasteiger partial charge in [0.05, 0.1) is 11.6 Å². The van der Waals surface area contributed by atoms with E-state index in [4.69, 9.17) is 0 Å². The highest BCUT2D eigenvalue weighted by Crippen LogP contribution is 2.29. The molecule has 7 nitrogen and oxygen atoms in total. The minimum atomic E-state index is -4.63. The lowest BCUT2D eigenvalue weighted by Gasteiger charge is -2.22. The van der Waals surface area contributed by atoms with Crippen LogP contribution in [-0.2, 0) is 27.0 Å². The van der Waals surface area contributed by atoms with Gasteiger partial charge in [0, 0.05) is 12.0 Å². The lowest BCUT2D eigenvalue weighted by atomic mass is 10.0. The first-order valence-electron chi connectivity index (χ1n) is 11.6. The van der Waals surface area contributed by atoms with Crippen LogP contribution in [0, 0.1) is 0 Å². The van der Waals surface area contributed by atoms with Crippen molar-refractivity contribution in [2.75, 3.05) is 0 Å². The second-order valence-electron chi connectivity index (χ2n) is 8.42. The van der Waals surface area contributed by atoms with E-state index in [-0.39, 0.29) is 12.0 Å². The van der Waals surface area contributed by atoms with Gasteiger partial charge in [-0.1, -0.05) is 56.2 Å². The molecule has 0 radical (unpaired) electrons. The van der Waals surface area contributed by atoms with E-state index in [1.54, 1.807) is 30.3 Å². The third-order valence-electron chi connectivity index (χ3n) is 5.47. The first kappa shape index (κ1) is 28.5. The number of rotatable bonds is 12. The van der Waals surface area contributed by atoms with E-state index in [0.717, 1.165) is 25.0 Å². The van der Waals surface area contributed by atoms with Crippen molar-refractivity contribution in [3.05, 3.63) is 71.3 Å². The Bertz CT molecular complexity index is 1040. The highest BCUT2D eigenvalue weighted by molar-refractivity contribution is 5.98. The van der Waals surface area contributed by atoms with Crippen LogP contribution < -0.4 is 16.0 Å². The fourth-order valence-electron chi connectivity index (χ4n) is 3.42. The molecule has 0 aromatic heterocycles. The van der Waals surface area contributed by atoms with Crippen molar-refractivity contribution in [2.45, 2.75) is 63.8 Å². The van der Waals surface area contributed by atoms with E-state index >= 15 is 0 Å². The molecule has 194 valence electrons. The topological polar surface area (TPSA) is 104 Å². The Morgan fingerprint density at radius 2 is 1.64 bits per heavy atom. The zero-order valence-corrected chi connectivity index (χ0v) is 20.1. The lowest BCUT2D eigenvalue weighted by molar-refractivity contribution is -0.137. The Labute approximate surface area is 207 Å². The maximum absolute atomic E-state index is 13.1. The highest BCUT2D eigenvalue weighted by atomic mass is 19.4. The average molecular weight is 506 g/mol. The minimum Gasteiger partial charge on any atom is -0.345 e. The lowest BCUT2D eigenvalue weighted by Crippen LogP contribution is -2.54. The summed E-state index contributed by atoms with van der Waals surface area (Å²) in [6.07, 6.45) is -1.90. The van der Waals surface area contributed by atoms with Crippen LogP contribution in [0.4, 0.5) is 13.2 Å². The van der Waals surface area contributed by atoms with E-state index in [2.05, 4.69) is 16.0 Å². The molecule has 0 aliphatic carbocycles. The molecule has 2 aromatic carbocycles. The summed E-state index contributed by atoms with van der Waals surface area (Å²) in [5.41, 5.74) is -0.553. The number of unbranched alkanes of at least 4 members (excludes halogenated alkanes) is 1. The quantitative estimate of drug-likeness (QED) is 0.385. The molecule has 0 saturated carbocycles. The summed E-state index contributed by atoms with van der Waals surface area (Å²) in [6.45, 7) is 3.39. The van der Waals surface area contributed by atoms with Gasteiger partial charge in [-0.25, -0.2) is 0 Å². The number of hydrogen-bond acceptors (Lipinski definition) is 4. The van der Waals surface area contributed by atoms with Crippen LogP contribution in [0.3, 0.4) is 0 Å². The Morgan fingerprint density at radius 1 is 0.944 bits per heavy atom. The maximum atomic E-state index is 13.1. The van der Waals surface area contributed by atoms with Crippen molar-refractivity contribution in [3.63, 3.8) is 0 Å². The number of halogens is 3. The summed E-state index contributed by atoms with van der Waals surface area (Å²) >= 11 is 0. The monoisotopic (exact) mass is 505 g/mol. The second kappa shape index (κ2) is 13.4. The molecule has 0 bridgehead atoms. The van der Waals surface area contributed by atoms with Crippen molar-refractivity contribution in [3.8, 4) is 0 Å². The zero-order chi connectivity index (χ0) is 26.7. The van der Waals surface area contributed by atoms with Gasteiger partial charge in [-0.15, -0.1) is 0 Å². The number of carbonyl (C=O) groups is 4. The standard InChI is InChI=1S/C26H30F3N3O4/c1-3-4-13-21(16-33)31-23(34)17(2)30-25(36)22(14-18-9-6-5-7-10-18)32-24(35)19-11-8-12-20(15-19)26(27,28)29/h5-12,15-17,21-22H,3-4,13-14H2,1-2H3,(H,30,36)(H,31,34)(H,32,35)/t17-,21?,22-/m0/s1. The van der Waals surface area contributed by atoms with Gasteiger partial charge in [-0.3, -0.25) is 14.4 Å².